The highest BCUT2D eigenvalue weighted by atomic mass is 16.5. The highest BCUT2D eigenvalue weighted by Crippen LogP contribution is 2.25. The molecule has 1 fully saturated rings. The Morgan fingerprint density at radius 3 is 2.67 bits per heavy atom. The molecule has 0 aromatic carbocycles. The lowest BCUT2D eigenvalue weighted by Crippen LogP contribution is -2.48. The maximum Gasteiger partial charge on any atom is 0.132 e. The van der Waals surface area contributed by atoms with E-state index in [9.17, 15) is 15.0 Å². The molecule has 1 rings (SSSR count). The summed E-state index contributed by atoms with van der Waals surface area (Å²) in [6.07, 6.45) is 0.211. The van der Waals surface area contributed by atoms with E-state index in [0.717, 1.165) is 12.8 Å². The van der Waals surface area contributed by atoms with E-state index in [4.69, 9.17) is 4.74 Å². The van der Waals surface area contributed by atoms with Gasteiger partial charge in [0.15, 0.2) is 0 Å². The Labute approximate surface area is 90.2 Å². The first-order valence-corrected chi connectivity index (χ1v) is 5.55. The molecule has 0 amide bonds. The molecule has 0 saturated carbocycles. The highest BCUT2D eigenvalue weighted by Gasteiger charge is 2.36. The summed E-state index contributed by atoms with van der Waals surface area (Å²) in [6, 6.07) is 0. The van der Waals surface area contributed by atoms with Crippen molar-refractivity contribution in [3.05, 3.63) is 0 Å². The van der Waals surface area contributed by atoms with Gasteiger partial charge in [-0.15, -0.1) is 0 Å². The Morgan fingerprint density at radius 2 is 2.13 bits per heavy atom. The molecule has 4 heteroatoms. The van der Waals surface area contributed by atoms with E-state index in [-0.39, 0.29) is 18.3 Å². The van der Waals surface area contributed by atoms with Crippen molar-refractivity contribution in [3.8, 4) is 0 Å². The largest absolute Gasteiger partial charge is 0.390 e. The van der Waals surface area contributed by atoms with Crippen molar-refractivity contribution in [1.82, 2.24) is 0 Å². The van der Waals surface area contributed by atoms with Gasteiger partial charge in [0.1, 0.15) is 11.9 Å². The predicted molar refractivity (Wildman–Crippen MR) is 55.5 cm³/mol. The Bertz CT molecular complexity index is 217. The fourth-order valence-corrected chi connectivity index (χ4v) is 2.00. The van der Waals surface area contributed by atoms with Crippen LogP contribution in [0.1, 0.15) is 39.5 Å². The topological polar surface area (TPSA) is 66.8 Å². The van der Waals surface area contributed by atoms with Crippen LogP contribution in [0.15, 0.2) is 0 Å². The summed E-state index contributed by atoms with van der Waals surface area (Å²) in [4.78, 5) is 11.0. The lowest BCUT2D eigenvalue weighted by atomic mass is 9.93. The normalized spacial score (nSPS) is 36.5. The van der Waals surface area contributed by atoms with E-state index in [1.54, 1.807) is 0 Å². The third-order valence-corrected chi connectivity index (χ3v) is 2.75. The van der Waals surface area contributed by atoms with Crippen LogP contribution >= 0.6 is 0 Å². The zero-order valence-corrected chi connectivity index (χ0v) is 9.35. The molecule has 88 valence electrons. The summed E-state index contributed by atoms with van der Waals surface area (Å²) in [5, 5.41) is 19.3. The summed E-state index contributed by atoms with van der Waals surface area (Å²) >= 11 is 0. The Kier molecular flexibility index (Phi) is 4.70. The van der Waals surface area contributed by atoms with Crippen LogP contribution < -0.4 is 0 Å². The van der Waals surface area contributed by atoms with Gasteiger partial charge >= 0.3 is 0 Å². The second-order valence-corrected chi connectivity index (χ2v) is 4.28. The number of ketones is 1. The number of aliphatic hydroxyl groups is 2. The van der Waals surface area contributed by atoms with Gasteiger partial charge in [-0.05, 0) is 13.3 Å². The molecule has 0 aliphatic carbocycles. The van der Waals surface area contributed by atoms with Crippen LogP contribution in [0.4, 0.5) is 0 Å². The van der Waals surface area contributed by atoms with Gasteiger partial charge in [-0.3, -0.25) is 4.79 Å². The lowest BCUT2D eigenvalue weighted by molar-refractivity contribution is -0.173. The first-order valence-electron chi connectivity index (χ1n) is 5.55. The van der Waals surface area contributed by atoms with E-state index in [0.29, 0.717) is 6.42 Å². The van der Waals surface area contributed by atoms with Gasteiger partial charge in [0.05, 0.1) is 18.3 Å². The average molecular weight is 216 g/mol. The first-order chi connectivity index (χ1) is 7.04. The molecular weight excluding hydrogens is 196 g/mol. The minimum Gasteiger partial charge on any atom is -0.390 e. The Hall–Kier alpha value is -0.450. The van der Waals surface area contributed by atoms with E-state index in [1.165, 1.54) is 6.92 Å². The summed E-state index contributed by atoms with van der Waals surface area (Å²) in [6.45, 7) is 3.51. The van der Waals surface area contributed by atoms with Crippen molar-refractivity contribution in [2.45, 2.75) is 63.9 Å². The van der Waals surface area contributed by atoms with Crippen LogP contribution in [0.5, 0.6) is 0 Å². The number of ether oxygens (including phenoxy) is 1. The summed E-state index contributed by atoms with van der Waals surface area (Å²) in [7, 11) is 0. The molecule has 0 unspecified atom stereocenters. The predicted octanol–water partition coefficient (Wildman–Crippen LogP) is 0.645. The molecule has 1 aliphatic heterocycles. The highest BCUT2D eigenvalue weighted by molar-refractivity contribution is 5.76. The number of aliphatic hydroxyl groups excluding tert-OH is 2. The molecule has 4 nitrogen and oxygen atoms in total. The molecule has 0 spiro atoms. The molecule has 1 heterocycles. The maximum atomic E-state index is 11.0. The summed E-state index contributed by atoms with van der Waals surface area (Å²) < 4.78 is 5.59. The number of rotatable bonds is 4. The molecule has 0 aromatic heterocycles. The molecule has 0 radical (unpaired) electrons. The molecule has 1 saturated heterocycles. The summed E-state index contributed by atoms with van der Waals surface area (Å²) in [5.74, 6) is -0.0246. The van der Waals surface area contributed by atoms with Gasteiger partial charge in [-0.2, -0.15) is 0 Å². The van der Waals surface area contributed by atoms with Crippen molar-refractivity contribution in [3.63, 3.8) is 0 Å². The van der Waals surface area contributed by atoms with Gasteiger partial charge in [0.2, 0.25) is 0 Å². The molecule has 0 bridgehead atoms. The van der Waals surface area contributed by atoms with Crippen LogP contribution in [-0.2, 0) is 9.53 Å². The standard InChI is InChI=1S/C11H20O4/c1-3-4-8-6-9(13)11(14)10(15-8)5-7(2)12/h8-11,13-14H,3-6H2,1-2H3/t8-,9+,10+,11-/m0/s1. The smallest absolute Gasteiger partial charge is 0.132 e. The minimum absolute atomic E-state index is 0.0246. The fourth-order valence-electron chi connectivity index (χ4n) is 2.00. The van der Waals surface area contributed by atoms with Crippen LogP contribution in [0, 0.1) is 0 Å². The third kappa shape index (κ3) is 3.55. The number of Topliss-reactive ketones (excluding diaryl/α,β-unsaturated/α-hetero) is 1. The molecule has 15 heavy (non-hydrogen) atoms. The van der Waals surface area contributed by atoms with Crippen LogP contribution in [0.3, 0.4) is 0 Å². The first kappa shape index (κ1) is 12.6. The number of carbonyl (C=O) groups is 1. The molecular formula is C11H20O4. The third-order valence-electron chi connectivity index (χ3n) is 2.75. The number of hydrogen-bond acceptors (Lipinski definition) is 4. The monoisotopic (exact) mass is 216 g/mol. The van der Waals surface area contributed by atoms with Crippen molar-refractivity contribution < 1.29 is 19.7 Å². The quantitative estimate of drug-likeness (QED) is 0.724. The van der Waals surface area contributed by atoms with Gasteiger partial charge < -0.3 is 14.9 Å². The van der Waals surface area contributed by atoms with E-state index in [1.807, 2.05) is 6.92 Å². The maximum absolute atomic E-state index is 11.0. The van der Waals surface area contributed by atoms with Crippen molar-refractivity contribution in [2.75, 3.05) is 0 Å². The number of hydrogen-bond donors (Lipinski definition) is 2. The van der Waals surface area contributed by atoms with Gasteiger partial charge in [0, 0.05) is 12.8 Å². The second-order valence-electron chi connectivity index (χ2n) is 4.28. The lowest BCUT2D eigenvalue weighted by Gasteiger charge is -2.36. The van der Waals surface area contributed by atoms with Crippen LogP contribution in [0.2, 0.25) is 0 Å². The number of carbonyl (C=O) groups excluding carboxylic acids is 1. The van der Waals surface area contributed by atoms with Gasteiger partial charge in [0.25, 0.3) is 0 Å². The summed E-state index contributed by atoms with van der Waals surface area (Å²) in [5.41, 5.74) is 0. The molecule has 4 atom stereocenters. The van der Waals surface area contributed by atoms with Crippen molar-refractivity contribution >= 4 is 5.78 Å². The van der Waals surface area contributed by atoms with Crippen molar-refractivity contribution in [1.29, 1.82) is 0 Å². The van der Waals surface area contributed by atoms with Crippen LogP contribution in [0.25, 0.3) is 0 Å². The average Bonchev–Trinajstić information content (AvgIpc) is 2.13. The van der Waals surface area contributed by atoms with E-state index in [2.05, 4.69) is 0 Å². The zero-order chi connectivity index (χ0) is 11.4. The fraction of sp³-hybridized carbons (Fsp3) is 0.909. The zero-order valence-electron chi connectivity index (χ0n) is 9.35. The van der Waals surface area contributed by atoms with Gasteiger partial charge in [-0.1, -0.05) is 13.3 Å². The molecule has 1 aliphatic rings. The SMILES string of the molecule is CCC[C@H]1C[C@@H](O)[C@H](O)[C@@H](CC(C)=O)O1. The Balaban J connectivity index is 2.55. The van der Waals surface area contributed by atoms with E-state index >= 15 is 0 Å². The Morgan fingerprint density at radius 1 is 1.47 bits per heavy atom. The minimum atomic E-state index is -0.929. The van der Waals surface area contributed by atoms with E-state index < -0.39 is 18.3 Å². The van der Waals surface area contributed by atoms with Gasteiger partial charge in [-0.25, -0.2) is 0 Å². The van der Waals surface area contributed by atoms with Crippen LogP contribution in [-0.4, -0.2) is 40.4 Å². The molecule has 0 aromatic rings. The van der Waals surface area contributed by atoms with Crippen molar-refractivity contribution in [2.24, 2.45) is 0 Å². The second kappa shape index (κ2) is 5.58. The molecule has 2 N–H and O–H groups in total.